The third-order valence-corrected chi connectivity index (χ3v) is 1.86. The quantitative estimate of drug-likeness (QED) is 0.608. The van der Waals surface area contributed by atoms with Crippen molar-refractivity contribution in [2.75, 3.05) is 0 Å². The van der Waals surface area contributed by atoms with Crippen molar-refractivity contribution < 1.29 is 5.11 Å². The van der Waals surface area contributed by atoms with E-state index in [2.05, 4.69) is 6.92 Å². The van der Waals surface area contributed by atoms with Crippen LogP contribution in [0.3, 0.4) is 0 Å². The molecule has 12 heavy (non-hydrogen) atoms. The molecular weight excluding hydrogens is 148 g/mol. The Morgan fingerprint density at radius 3 is 2.00 bits per heavy atom. The van der Waals surface area contributed by atoms with E-state index in [1.165, 1.54) is 25.7 Å². The number of aliphatic hydroxyl groups is 1. The minimum Gasteiger partial charge on any atom is -0.393 e. The van der Waals surface area contributed by atoms with Crippen LogP contribution in [-0.4, -0.2) is 11.2 Å². The van der Waals surface area contributed by atoms with Crippen molar-refractivity contribution >= 4 is 0 Å². The highest BCUT2D eigenvalue weighted by atomic mass is 16.3. The minimum atomic E-state index is -0.0446. The van der Waals surface area contributed by atoms with Gasteiger partial charge in [0.2, 0.25) is 0 Å². The molecule has 0 spiro atoms. The molecule has 0 aliphatic rings. The van der Waals surface area contributed by atoms with Crippen LogP contribution in [0.2, 0.25) is 0 Å². The lowest BCUT2D eigenvalue weighted by molar-refractivity contribution is 0.156. The minimum absolute atomic E-state index is 0.0446. The van der Waals surface area contributed by atoms with Crippen LogP contribution < -0.4 is 0 Å². The molecule has 76 valence electrons. The normalized spacial score (nSPS) is 11.8. The standard InChI is InChI=1S/C9H20O.C2H6/c1-3-5-6-7-8-9(10)4-2;1-2/h9-10H,3-8H2,1-2H3;1-2H3. The summed E-state index contributed by atoms with van der Waals surface area (Å²) in [5, 5.41) is 9.16. The van der Waals surface area contributed by atoms with Gasteiger partial charge in [-0.05, 0) is 12.8 Å². The topological polar surface area (TPSA) is 20.2 Å². The molecule has 0 aliphatic heterocycles. The molecule has 0 aromatic heterocycles. The Labute approximate surface area is 78.2 Å². The van der Waals surface area contributed by atoms with Crippen molar-refractivity contribution in [1.82, 2.24) is 0 Å². The lowest BCUT2D eigenvalue weighted by Gasteiger charge is -2.05. The highest BCUT2D eigenvalue weighted by molar-refractivity contribution is 4.51. The first-order chi connectivity index (χ1) is 5.81. The molecule has 0 radical (unpaired) electrons. The number of aliphatic hydroxyl groups excluding tert-OH is 1. The van der Waals surface area contributed by atoms with Gasteiger partial charge >= 0.3 is 0 Å². The van der Waals surface area contributed by atoms with Gasteiger partial charge in [-0.15, -0.1) is 0 Å². The molecule has 0 saturated carbocycles. The fourth-order valence-corrected chi connectivity index (χ4v) is 1.01. The maximum atomic E-state index is 9.16. The van der Waals surface area contributed by atoms with Gasteiger partial charge in [-0.1, -0.05) is 53.4 Å². The van der Waals surface area contributed by atoms with E-state index in [0.29, 0.717) is 0 Å². The first-order valence-corrected chi connectivity index (χ1v) is 5.49. The average molecular weight is 174 g/mol. The van der Waals surface area contributed by atoms with E-state index in [4.69, 9.17) is 5.11 Å². The zero-order valence-corrected chi connectivity index (χ0v) is 9.27. The van der Waals surface area contributed by atoms with E-state index in [1.807, 2.05) is 20.8 Å². The van der Waals surface area contributed by atoms with Crippen LogP contribution in [0.4, 0.5) is 0 Å². The maximum Gasteiger partial charge on any atom is 0.0537 e. The van der Waals surface area contributed by atoms with Crippen molar-refractivity contribution in [3.05, 3.63) is 0 Å². The van der Waals surface area contributed by atoms with Gasteiger partial charge in [0, 0.05) is 0 Å². The lowest BCUT2D eigenvalue weighted by Crippen LogP contribution is -2.03. The van der Waals surface area contributed by atoms with Gasteiger partial charge in [0.25, 0.3) is 0 Å². The summed E-state index contributed by atoms with van der Waals surface area (Å²) >= 11 is 0. The van der Waals surface area contributed by atoms with Gasteiger partial charge in [-0.2, -0.15) is 0 Å². The zero-order chi connectivity index (χ0) is 9.82. The molecule has 0 rings (SSSR count). The van der Waals surface area contributed by atoms with Gasteiger partial charge in [-0.3, -0.25) is 0 Å². The smallest absolute Gasteiger partial charge is 0.0537 e. The molecule has 0 fully saturated rings. The molecule has 0 bridgehead atoms. The summed E-state index contributed by atoms with van der Waals surface area (Å²) in [4.78, 5) is 0. The van der Waals surface area contributed by atoms with Crippen LogP contribution in [0.5, 0.6) is 0 Å². The van der Waals surface area contributed by atoms with E-state index < -0.39 is 0 Å². The fourth-order valence-electron chi connectivity index (χ4n) is 1.01. The van der Waals surface area contributed by atoms with Crippen LogP contribution in [0.15, 0.2) is 0 Å². The Balaban J connectivity index is 0. The fraction of sp³-hybridized carbons (Fsp3) is 1.00. The molecule has 1 N–H and O–H groups in total. The van der Waals surface area contributed by atoms with E-state index in [-0.39, 0.29) is 6.10 Å². The monoisotopic (exact) mass is 174 g/mol. The van der Waals surface area contributed by atoms with E-state index in [1.54, 1.807) is 0 Å². The third kappa shape index (κ3) is 12.6. The molecule has 0 aliphatic carbocycles. The van der Waals surface area contributed by atoms with Crippen molar-refractivity contribution in [3.8, 4) is 0 Å². The van der Waals surface area contributed by atoms with Gasteiger partial charge in [0.1, 0.15) is 0 Å². The van der Waals surface area contributed by atoms with Crippen molar-refractivity contribution in [1.29, 1.82) is 0 Å². The Bertz CT molecular complexity index is 62.0. The molecule has 1 unspecified atom stereocenters. The highest BCUT2D eigenvalue weighted by Crippen LogP contribution is 2.06. The molecule has 0 amide bonds. The zero-order valence-electron chi connectivity index (χ0n) is 9.27. The molecule has 1 nitrogen and oxygen atoms in total. The number of hydrogen-bond acceptors (Lipinski definition) is 1. The second kappa shape index (κ2) is 13.5. The SMILES string of the molecule is CC.CCCCCCC(O)CC. The number of rotatable bonds is 6. The van der Waals surface area contributed by atoms with Crippen LogP contribution >= 0.6 is 0 Å². The van der Waals surface area contributed by atoms with Gasteiger partial charge in [0.15, 0.2) is 0 Å². The van der Waals surface area contributed by atoms with Crippen LogP contribution in [0.25, 0.3) is 0 Å². The Kier molecular flexibility index (Phi) is 16.3. The predicted molar refractivity (Wildman–Crippen MR) is 56.4 cm³/mol. The van der Waals surface area contributed by atoms with E-state index in [9.17, 15) is 0 Å². The van der Waals surface area contributed by atoms with Gasteiger partial charge in [0.05, 0.1) is 6.10 Å². The second-order valence-electron chi connectivity index (χ2n) is 2.91. The molecule has 0 saturated heterocycles. The van der Waals surface area contributed by atoms with Crippen LogP contribution in [0.1, 0.15) is 66.2 Å². The summed E-state index contributed by atoms with van der Waals surface area (Å²) < 4.78 is 0. The molecular formula is C11H26O. The van der Waals surface area contributed by atoms with Crippen molar-refractivity contribution in [3.63, 3.8) is 0 Å². The molecule has 0 aromatic rings. The summed E-state index contributed by atoms with van der Waals surface area (Å²) in [6.45, 7) is 8.24. The summed E-state index contributed by atoms with van der Waals surface area (Å²) in [7, 11) is 0. The van der Waals surface area contributed by atoms with E-state index in [0.717, 1.165) is 12.8 Å². The van der Waals surface area contributed by atoms with Gasteiger partial charge in [-0.25, -0.2) is 0 Å². The van der Waals surface area contributed by atoms with Crippen molar-refractivity contribution in [2.45, 2.75) is 72.3 Å². The average Bonchev–Trinajstić information content (AvgIpc) is 2.15. The van der Waals surface area contributed by atoms with Gasteiger partial charge < -0.3 is 5.11 Å². The van der Waals surface area contributed by atoms with E-state index >= 15 is 0 Å². The maximum absolute atomic E-state index is 9.16. The predicted octanol–water partition coefficient (Wildman–Crippen LogP) is 3.75. The first kappa shape index (κ1) is 14.5. The molecule has 1 atom stereocenters. The Hall–Kier alpha value is -0.0400. The second-order valence-corrected chi connectivity index (χ2v) is 2.91. The van der Waals surface area contributed by atoms with Crippen molar-refractivity contribution in [2.24, 2.45) is 0 Å². The number of hydrogen-bond donors (Lipinski definition) is 1. The summed E-state index contributed by atoms with van der Waals surface area (Å²) in [5.41, 5.74) is 0. The largest absolute Gasteiger partial charge is 0.393 e. The molecule has 0 aromatic carbocycles. The Morgan fingerprint density at radius 1 is 1.00 bits per heavy atom. The summed E-state index contributed by atoms with van der Waals surface area (Å²) in [6, 6.07) is 0. The first-order valence-electron chi connectivity index (χ1n) is 5.49. The number of unbranched alkanes of at least 4 members (excludes halogenated alkanes) is 3. The lowest BCUT2D eigenvalue weighted by atomic mass is 10.1. The summed E-state index contributed by atoms with van der Waals surface area (Å²) in [6.07, 6.45) is 6.94. The van der Waals surface area contributed by atoms with Crippen LogP contribution in [-0.2, 0) is 0 Å². The molecule has 1 heteroatoms. The molecule has 0 heterocycles. The third-order valence-electron chi connectivity index (χ3n) is 1.86. The van der Waals surface area contributed by atoms with Crippen LogP contribution in [0, 0.1) is 0 Å². The Morgan fingerprint density at radius 2 is 1.58 bits per heavy atom. The summed E-state index contributed by atoms with van der Waals surface area (Å²) in [5.74, 6) is 0. The highest BCUT2D eigenvalue weighted by Gasteiger charge is 1.98.